The maximum atomic E-state index is 5.99. The van der Waals surface area contributed by atoms with Gasteiger partial charge in [0.25, 0.3) is 0 Å². The molecule has 0 saturated heterocycles. The maximum absolute atomic E-state index is 5.99. The molecule has 0 bridgehead atoms. The number of rotatable bonds is 3. The van der Waals surface area contributed by atoms with Crippen molar-refractivity contribution in [1.29, 1.82) is 0 Å². The zero-order chi connectivity index (χ0) is 12.4. The highest BCUT2D eigenvalue weighted by Crippen LogP contribution is 2.28. The number of ether oxygens (including phenoxy) is 1. The first-order chi connectivity index (χ1) is 8.11. The molecule has 2 rings (SSSR count). The van der Waals surface area contributed by atoms with Gasteiger partial charge in [0, 0.05) is 12.0 Å². The van der Waals surface area contributed by atoms with E-state index in [0.29, 0.717) is 0 Å². The number of oxime groups is 1. The third-order valence-electron chi connectivity index (χ3n) is 2.69. The summed E-state index contributed by atoms with van der Waals surface area (Å²) in [5.74, 6) is 0.801. The van der Waals surface area contributed by atoms with E-state index in [-0.39, 0.29) is 11.5 Å². The third-order valence-corrected chi connectivity index (χ3v) is 3.59. The van der Waals surface area contributed by atoms with Gasteiger partial charge in [-0.2, -0.15) is 0 Å². The molecule has 0 amide bonds. The second-order valence-electron chi connectivity index (χ2n) is 3.91. The SMILES string of the molecule is COc1ccc(C2=NOC(C(C)Cl)C2)cc1Br. The minimum absolute atomic E-state index is 0.0347. The molecule has 1 aliphatic heterocycles. The normalized spacial score (nSPS) is 20.7. The highest BCUT2D eigenvalue weighted by Gasteiger charge is 2.26. The number of benzene rings is 1. The quantitative estimate of drug-likeness (QED) is 0.798. The lowest BCUT2D eigenvalue weighted by Gasteiger charge is -2.09. The Labute approximate surface area is 114 Å². The molecule has 1 aliphatic rings. The summed E-state index contributed by atoms with van der Waals surface area (Å²) in [7, 11) is 1.64. The number of alkyl halides is 1. The van der Waals surface area contributed by atoms with Crippen molar-refractivity contribution < 1.29 is 9.57 Å². The molecule has 5 heteroatoms. The molecule has 2 unspecified atom stereocenters. The number of methoxy groups -OCH3 is 1. The van der Waals surface area contributed by atoms with Gasteiger partial charge >= 0.3 is 0 Å². The molecular formula is C12H13BrClNO2. The first kappa shape index (κ1) is 12.7. The first-order valence-corrected chi connectivity index (χ1v) is 6.55. The summed E-state index contributed by atoms with van der Waals surface area (Å²) in [6, 6.07) is 5.84. The van der Waals surface area contributed by atoms with Crippen LogP contribution in [0, 0.1) is 0 Å². The summed E-state index contributed by atoms with van der Waals surface area (Å²) in [6.07, 6.45) is 0.705. The van der Waals surface area contributed by atoms with Gasteiger partial charge in [0.1, 0.15) is 11.9 Å². The number of nitrogens with zero attached hydrogens (tertiary/aromatic N) is 1. The number of hydrogen-bond donors (Lipinski definition) is 0. The fourth-order valence-electron chi connectivity index (χ4n) is 1.66. The Kier molecular flexibility index (Phi) is 3.94. The summed E-state index contributed by atoms with van der Waals surface area (Å²) in [6.45, 7) is 1.91. The van der Waals surface area contributed by atoms with Gasteiger partial charge in [0.15, 0.2) is 0 Å². The second kappa shape index (κ2) is 5.27. The largest absolute Gasteiger partial charge is 0.496 e. The zero-order valence-electron chi connectivity index (χ0n) is 9.61. The monoisotopic (exact) mass is 317 g/mol. The minimum Gasteiger partial charge on any atom is -0.496 e. The van der Waals surface area contributed by atoms with Gasteiger partial charge in [0.2, 0.25) is 0 Å². The van der Waals surface area contributed by atoms with Gasteiger partial charge in [-0.1, -0.05) is 5.16 Å². The second-order valence-corrected chi connectivity index (χ2v) is 5.46. The van der Waals surface area contributed by atoms with Crippen LogP contribution in [0.15, 0.2) is 27.8 Å². The zero-order valence-corrected chi connectivity index (χ0v) is 12.0. The standard InChI is InChI=1S/C12H13BrClNO2/c1-7(14)12-6-10(15-17-12)8-3-4-11(16-2)9(13)5-8/h3-5,7,12H,6H2,1-2H3. The van der Waals surface area contributed by atoms with E-state index in [1.807, 2.05) is 25.1 Å². The van der Waals surface area contributed by atoms with Gasteiger partial charge in [-0.15, -0.1) is 11.6 Å². The highest BCUT2D eigenvalue weighted by atomic mass is 79.9. The Morgan fingerprint density at radius 2 is 2.35 bits per heavy atom. The van der Waals surface area contributed by atoms with Crippen molar-refractivity contribution in [2.45, 2.75) is 24.8 Å². The predicted octanol–water partition coefficient (Wildman–Crippen LogP) is 3.58. The van der Waals surface area contributed by atoms with Gasteiger partial charge in [-0.25, -0.2) is 0 Å². The Bertz CT molecular complexity index is 448. The Hall–Kier alpha value is -0.740. The number of halogens is 2. The molecule has 0 fully saturated rings. The van der Waals surface area contributed by atoms with E-state index < -0.39 is 0 Å². The van der Waals surface area contributed by atoms with E-state index in [9.17, 15) is 0 Å². The van der Waals surface area contributed by atoms with Crippen LogP contribution < -0.4 is 4.74 Å². The van der Waals surface area contributed by atoms with E-state index in [1.54, 1.807) is 7.11 Å². The molecule has 0 radical (unpaired) electrons. The van der Waals surface area contributed by atoms with Crippen molar-refractivity contribution in [3.05, 3.63) is 28.2 Å². The predicted molar refractivity (Wildman–Crippen MR) is 72.0 cm³/mol. The minimum atomic E-state index is -0.0436. The van der Waals surface area contributed by atoms with Gasteiger partial charge in [-0.05, 0) is 41.1 Å². The van der Waals surface area contributed by atoms with Crippen molar-refractivity contribution in [2.75, 3.05) is 7.11 Å². The van der Waals surface area contributed by atoms with Crippen molar-refractivity contribution in [3.63, 3.8) is 0 Å². The van der Waals surface area contributed by atoms with Crippen LogP contribution in [0.4, 0.5) is 0 Å². The molecule has 17 heavy (non-hydrogen) atoms. The summed E-state index contributed by atoms with van der Waals surface area (Å²) in [5, 5.41) is 4.03. The van der Waals surface area contributed by atoms with Crippen LogP contribution >= 0.6 is 27.5 Å². The molecule has 3 nitrogen and oxygen atoms in total. The van der Waals surface area contributed by atoms with Crippen LogP contribution in [0.5, 0.6) is 5.75 Å². The summed E-state index contributed by atoms with van der Waals surface area (Å²) >= 11 is 9.44. The Balaban J connectivity index is 2.17. The van der Waals surface area contributed by atoms with Crippen LogP contribution in [-0.2, 0) is 4.84 Å². The van der Waals surface area contributed by atoms with Gasteiger partial charge in [-0.3, -0.25) is 0 Å². The van der Waals surface area contributed by atoms with E-state index in [0.717, 1.165) is 27.9 Å². The molecule has 0 aromatic heterocycles. The molecular weight excluding hydrogens is 305 g/mol. The van der Waals surface area contributed by atoms with Crippen LogP contribution in [0.2, 0.25) is 0 Å². The molecule has 1 aromatic carbocycles. The Morgan fingerprint density at radius 3 is 2.88 bits per heavy atom. The van der Waals surface area contributed by atoms with Crippen LogP contribution in [0.25, 0.3) is 0 Å². The molecule has 0 saturated carbocycles. The number of hydrogen-bond acceptors (Lipinski definition) is 3. The first-order valence-electron chi connectivity index (χ1n) is 5.32. The molecule has 92 valence electrons. The molecule has 0 N–H and O–H groups in total. The average molecular weight is 319 g/mol. The average Bonchev–Trinajstić information content (AvgIpc) is 2.78. The lowest BCUT2D eigenvalue weighted by molar-refractivity contribution is 0.0855. The highest BCUT2D eigenvalue weighted by molar-refractivity contribution is 9.10. The van der Waals surface area contributed by atoms with Crippen LogP contribution in [0.3, 0.4) is 0 Å². The van der Waals surface area contributed by atoms with E-state index in [1.165, 1.54) is 0 Å². The molecule has 1 heterocycles. The summed E-state index contributed by atoms with van der Waals surface area (Å²) in [4.78, 5) is 5.29. The fourth-order valence-corrected chi connectivity index (χ4v) is 2.33. The summed E-state index contributed by atoms with van der Waals surface area (Å²) in [5.41, 5.74) is 1.95. The van der Waals surface area contributed by atoms with Gasteiger partial charge < -0.3 is 9.57 Å². The maximum Gasteiger partial charge on any atom is 0.149 e. The molecule has 2 atom stereocenters. The fraction of sp³-hybridized carbons (Fsp3) is 0.417. The van der Waals surface area contributed by atoms with E-state index in [4.69, 9.17) is 21.2 Å². The Morgan fingerprint density at radius 1 is 1.59 bits per heavy atom. The third kappa shape index (κ3) is 2.75. The lowest BCUT2D eigenvalue weighted by atomic mass is 10.0. The van der Waals surface area contributed by atoms with Crippen molar-refractivity contribution in [2.24, 2.45) is 5.16 Å². The van der Waals surface area contributed by atoms with Gasteiger partial charge in [0.05, 0.1) is 22.7 Å². The lowest BCUT2D eigenvalue weighted by Crippen LogP contribution is -2.18. The molecule has 0 spiro atoms. The van der Waals surface area contributed by atoms with Crippen LogP contribution in [-0.4, -0.2) is 24.3 Å². The van der Waals surface area contributed by atoms with E-state index >= 15 is 0 Å². The molecule has 1 aromatic rings. The summed E-state index contributed by atoms with van der Waals surface area (Å²) < 4.78 is 6.09. The molecule has 0 aliphatic carbocycles. The topological polar surface area (TPSA) is 30.8 Å². The van der Waals surface area contributed by atoms with Crippen molar-refractivity contribution in [3.8, 4) is 5.75 Å². The van der Waals surface area contributed by atoms with E-state index in [2.05, 4.69) is 21.1 Å². The van der Waals surface area contributed by atoms with Crippen molar-refractivity contribution in [1.82, 2.24) is 0 Å². The smallest absolute Gasteiger partial charge is 0.149 e. The van der Waals surface area contributed by atoms with Crippen LogP contribution in [0.1, 0.15) is 18.9 Å². The van der Waals surface area contributed by atoms with Crippen molar-refractivity contribution >= 4 is 33.2 Å².